The monoisotopic (exact) mass is 323 g/mol. The number of rotatable bonds is 4. The van der Waals surface area contributed by atoms with E-state index >= 15 is 0 Å². The minimum Gasteiger partial charge on any atom is -0.454 e. The fourth-order valence-electron chi connectivity index (χ4n) is 2.19. The summed E-state index contributed by atoms with van der Waals surface area (Å²) in [4.78, 5) is 13.5. The van der Waals surface area contributed by atoms with Gasteiger partial charge in [0.1, 0.15) is 0 Å². The lowest BCUT2D eigenvalue weighted by Crippen LogP contribution is -2.33. The Kier molecular flexibility index (Phi) is 4.03. The molecule has 0 spiro atoms. The lowest BCUT2D eigenvalue weighted by molar-refractivity contribution is 0.0939. The van der Waals surface area contributed by atoms with Crippen molar-refractivity contribution in [1.82, 2.24) is 5.32 Å². The molecule has 0 bridgehead atoms. The third-order valence-electron chi connectivity index (χ3n) is 3.15. The molecule has 3 rings (SSSR count). The highest BCUT2D eigenvalue weighted by atomic mass is 35.5. The number of hydrogen-bond donors (Lipinski definition) is 1. The second-order valence-corrected chi connectivity index (χ2v) is 6.29. The number of fused-ring (bicyclic) bond motifs is 1. The van der Waals surface area contributed by atoms with E-state index in [1.165, 1.54) is 4.88 Å². The number of carbonyl (C=O) groups is 1. The quantitative estimate of drug-likeness (QED) is 0.937. The van der Waals surface area contributed by atoms with Gasteiger partial charge in [-0.25, -0.2) is 0 Å². The summed E-state index contributed by atoms with van der Waals surface area (Å²) < 4.78 is 10.5. The van der Waals surface area contributed by atoms with E-state index in [4.69, 9.17) is 21.1 Å². The topological polar surface area (TPSA) is 47.6 Å². The highest BCUT2D eigenvalue weighted by Crippen LogP contribution is 2.39. The Morgan fingerprint density at radius 2 is 2.33 bits per heavy atom. The molecule has 1 N–H and O–H groups in total. The Bertz CT molecular complexity index is 657. The van der Waals surface area contributed by atoms with Crippen molar-refractivity contribution in [3.8, 4) is 11.5 Å². The van der Waals surface area contributed by atoms with Crippen LogP contribution in [0, 0.1) is 0 Å². The summed E-state index contributed by atoms with van der Waals surface area (Å²) >= 11 is 7.77. The van der Waals surface area contributed by atoms with E-state index in [0.717, 1.165) is 6.42 Å². The molecule has 1 atom stereocenters. The normalized spacial score (nSPS) is 14.0. The molecule has 1 aromatic heterocycles. The molecular weight excluding hydrogens is 310 g/mol. The molecule has 0 aliphatic carbocycles. The van der Waals surface area contributed by atoms with Gasteiger partial charge in [0, 0.05) is 22.9 Å². The molecular formula is C15H14ClNO3S. The van der Waals surface area contributed by atoms with E-state index in [1.54, 1.807) is 23.5 Å². The SMILES string of the molecule is C[C@@H](Cc1cccs1)NC(=O)c1cc(Cl)c2c(c1)OCO2. The fraction of sp³-hybridized carbons (Fsp3) is 0.267. The van der Waals surface area contributed by atoms with Crippen LogP contribution < -0.4 is 14.8 Å². The molecule has 21 heavy (non-hydrogen) atoms. The van der Waals surface area contributed by atoms with Crippen LogP contribution in [-0.4, -0.2) is 18.7 Å². The molecule has 0 saturated carbocycles. The Morgan fingerprint density at radius 3 is 3.10 bits per heavy atom. The van der Waals surface area contributed by atoms with Gasteiger partial charge in [0.25, 0.3) is 5.91 Å². The van der Waals surface area contributed by atoms with Crippen molar-refractivity contribution in [3.05, 3.63) is 45.1 Å². The molecule has 0 radical (unpaired) electrons. The number of amides is 1. The van der Waals surface area contributed by atoms with E-state index in [0.29, 0.717) is 22.1 Å². The third-order valence-corrected chi connectivity index (χ3v) is 4.33. The zero-order valence-electron chi connectivity index (χ0n) is 11.4. The van der Waals surface area contributed by atoms with Crippen molar-refractivity contribution in [2.24, 2.45) is 0 Å². The van der Waals surface area contributed by atoms with Crippen molar-refractivity contribution in [1.29, 1.82) is 0 Å². The van der Waals surface area contributed by atoms with Crippen LogP contribution in [-0.2, 0) is 6.42 Å². The van der Waals surface area contributed by atoms with E-state index in [2.05, 4.69) is 11.4 Å². The van der Waals surface area contributed by atoms with Crippen LogP contribution >= 0.6 is 22.9 Å². The Labute approximate surface area is 131 Å². The van der Waals surface area contributed by atoms with Crippen LogP contribution in [0.1, 0.15) is 22.2 Å². The van der Waals surface area contributed by atoms with E-state index in [1.807, 2.05) is 18.4 Å². The molecule has 0 unspecified atom stereocenters. The lowest BCUT2D eigenvalue weighted by Gasteiger charge is -2.13. The number of carbonyl (C=O) groups excluding carboxylic acids is 1. The molecule has 110 valence electrons. The first-order valence-corrected chi connectivity index (χ1v) is 7.81. The van der Waals surface area contributed by atoms with Crippen molar-refractivity contribution in [2.75, 3.05) is 6.79 Å². The summed E-state index contributed by atoms with van der Waals surface area (Å²) in [5.41, 5.74) is 0.474. The summed E-state index contributed by atoms with van der Waals surface area (Å²) in [5.74, 6) is 0.845. The van der Waals surface area contributed by atoms with Crippen LogP contribution in [0.2, 0.25) is 5.02 Å². The Morgan fingerprint density at radius 1 is 1.48 bits per heavy atom. The van der Waals surface area contributed by atoms with Gasteiger partial charge in [-0.15, -0.1) is 11.3 Å². The molecule has 1 aromatic carbocycles. The number of benzene rings is 1. The molecule has 1 amide bonds. The van der Waals surface area contributed by atoms with Crippen LogP contribution in [0.15, 0.2) is 29.6 Å². The predicted octanol–water partition coefficient (Wildman–Crippen LogP) is 3.49. The average molecular weight is 324 g/mol. The molecule has 1 aliphatic rings. The van der Waals surface area contributed by atoms with Gasteiger partial charge in [-0.1, -0.05) is 17.7 Å². The summed E-state index contributed by atoms with van der Waals surface area (Å²) in [6.45, 7) is 2.11. The van der Waals surface area contributed by atoms with Crippen LogP contribution in [0.4, 0.5) is 0 Å². The third kappa shape index (κ3) is 3.14. The Hall–Kier alpha value is -1.72. The zero-order valence-corrected chi connectivity index (χ0v) is 13.0. The second-order valence-electron chi connectivity index (χ2n) is 4.85. The molecule has 2 aromatic rings. The first-order valence-electron chi connectivity index (χ1n) is 6.56. The van der Waals surface area contributed by atoms with Crippen LogP contribution in [0.3, 0.4) is 0 Å². The van der Waals surface area contributed by atoms with E-state index < -0.39 is 0 Å². The highest BCUT2D eigenvalue weighted by molar-refractivity contribution is 7.09. The van der Waals surface area contributed by atoms with E-state index in [-0.39, 0.29) is 18.7 Å². The molecule has 4 nitrogen and oxygen atoms in total. The maximum absolute atomic E-state index is 12.3. The standard InChI is InChI=1S/C15H14ClNO3S/c1-9(5-11-3-2-4-21-11)17-15(18)10-6-12(16)14-13(7-10)19-8-20-14/h2-4,6-7,9H,5,8H2,1H3,(H,17,18)/t9-/m0/s1. The number of thiophene rings is 1. The smallest absolute Gasteiger partial charge is 0.251 e. The van der Waals surface area contributed by atoms with E-state index in [9.17, 15) is 4.79 Å². The van der Waals surface area contributed by atoms with Gasteiger partial charge in [0.2, 0.25) is 6.79 Å². The first-order chi connectivity index (χ1) is 10.1. The minimum atomic E-state index is -0.167. The maximum atomic E-state index is 12.3. The summed E-state index contributed by atoms with van der Waals surface area (Å²) in [6, 6.07) is 7.36. The molecule has 0 fully saturated rings. The van der Waals surface area contributed by atoms with Crippen molar-refractivity contribution >= 4 is 28.8 Å². The molecule has 1 aliphatic heterocycles. The number of nitrogens with one attached hydrogen (secondary N) is 1. The number of halogens is 1. The highest BCUT2D eigenvalue weighted by Gasteiger charge is 2.21. The predicted molar refractivity (Wildman–Crippen MR) is 82.5 cm³/mol. The van der Waals surface area contributed by atoms with Gasteiger partial charge in [-0.3, -0.25) is 4.79 Å². The van der Waals surface area contributed by atoms with Gasteiger partial charge in [0.05, 0.1) is 5.02 Å². The number of hydrogen-bond acceptors (Lipinski definition) is 4. The van der Waals surface area contributed by atoms with Gasteiger partial charge in [0.15, 0.2) is 11.5 Å². The summed E-state index contributed by atoms with van der Waals surface area (Å²) in [7, 11) is 0. The lowest BCUT2D eigenvalue weighted by atomic mass is 10.1. The van der Waals surface area contributed by atoms with Gasteiger partial charge < -0.3 is 14.8 Å². The second kappa shape index (κ2) is 5.95. The Balaban J connectivity index is 1.69. The van der Waals surface area contributed by atoms with Crippen molar-refractivity contribution in [3.63, 3.8) is 0 Å². The molecule has 2 heterocycles. The van der Waals surface area contributed by atoms with Crippen LogP contribution in [0.25, 0.3) is 0 Å². The molecule has 0 saturated heterocycles. The maximum Gasteiger partial charge on any atom is 0.251 e. The fourth-order valence-corrected chi connectivity index (χ4v) is 3.29. The first kappa shape index (κ1) is 14.2. The van der Waals surface area contributed by atoms with Gasteiger partial charge in [-0.05, 0) is 30.5 Å². The molecule has 6 heteroatoms. The minimum absolute atomic E-state index is 0.0420. The zero-order chi connectivity index (χ0) is 14.8. The largest absolute Gasteiger partial charge is 0.454 e. The average Bonchev–Trinajstić information content (AvgIpc) is 3.09. The number of ether oxygens (including phenoxy) is 2. The van der Waals surface area contributed by atoms with Crippen molar-refractivity contribution < 1.29 is 14.3 Å². The van der Waals surface area contributed by atoms with Crippen molar-refractivity contribution in [2.45, 2.75) is 19.4 Å². The van der Waals surface area contributed by atoms with Gasteiger partial charge in [-0.2, -0.15) is 0 Å². The van der Waals surface area contributed by atoms with Gasteiger partial charge >= 0.3 is 0 Å². The summed E-state index contributed by atoms with van der Waals surface area (Å²) in [6.07, 6.45) is 0.807. The van der Waals surface area contributed by atoms with Crippen LogP contribution in [0.5, 0.6) is 11.5 Å². The summed E-state index contributed by atoms with van der Waals surface area (Å²) in [5, 5.41) is 5.38.